The number of aromatic nitrogens is 1. The summed E-state index contributed by atoms with van der Waals surface area (Å²) in [4.78, 5) is 13.4. The highest BCUT2D eigenvalue weighted by atomic mass is 35.5. The Morgan fingerprint density at radius 1 is 1.69 bits per heavy atom. The molecule has 16 heavy (non-hydrogen) atoms. The predicted molar refractivity (Wildman–Crippen MR) is 58.5 cm³/mol. The van der Waals surface area contributed by atoms with Crippen molar-refractivity contribution in [1.29, 1.82) is 0 Å². The molecule has 86 valence electrons. The monoisotopic (exact) mass is 243 g/mol. The van der Waals surface area contributed by atoms with Gasteiger partial charge in [0.2, 0.25) is 0 Å². The summed E-state index contributed by atoms with van der Waals surface area (Å²) >= 11 is 5.61. The highest BCUT2D eigenvalue weighted by Crippen LogP contribution is 2.04. The number of hydrogen-bond donors (Lipinski definition) is 3. The van der Waals surface area contributed by atoms with E-state index in [0.717, 1.165) is 11.8 Å². The normalized spacial score (nSPS) is 11.0. The molecule has 1 rings (SSSR count). The van der Waals surface area contributed by atoms with E-state index in [1.165, 1.54) is 0 Å². The van der Waals surface area contributed by atoms with Crippen LogP contribution in [0.4, 0.5) is 0 Å². The van der Waals surface area contributed by atoms with Gasteiger partial charge in [-0.15, -0.1) is 0 Å². The Bertz CT molecular complexity index is 392. The first-order valence-corrected chi connectivity index (χ1v) is 4.66. The summed E-state index contributed by atoms with van der Waals surface area (Å²) in [6, 6.07) is 3.38. The Kier molecular flexibility index (Phi) is 4.49. The Morgan fingerprint density at radius 3 is 2.94 bits per heavy atom. The fourth-order valence-electron chi connectivity index (χ4n) is 0.948. The van der Waals surface area contributed by atoms with Crippen molar-refractivity contribution >= 4 is 11.6 Å². The summed E-state index contributed by atoms with van der Waals surface area (Å²) in [6.07, 6.45) is 2.30. The molecule has 0 aliphatic heterocycles. The number of nitrogens with one attached hydrogen (secondary N) is 2. The van der Waals surface area contributed by atoms with Gasteiger partial charge in [-0.05, 0) is 11.6 Å². The van der Waals surface area contributed by atoms with Crippen molar-refractivity contribution in [2.75, 3.05) is 0 Å². The Balaban J connectivity index is 2.56. The zero-order valence-electron chi connectivity index (χ0n) is 8.18. The molecule has 1 aromatic heterocycles. The Hall–Kier alpha value is -1.86. The quantitative estimate of drug-likeness (QED) is 0.298. The Morgan fingerprint density at radius 2 is 2.44 bits per heavy atom. The summed E-state index contributed by atoms with van der Waals surface area (Å²) in [5.74, 6) is 5.20. The minimum atomic E-state index is -0.609. The average Bonchev–Trinajstić information content (AvgIpc) is 2.26. The van der Waals surface area contributed by atoms with Crippen molar-refractivity contribution in [1.82, 2.24) is 15.7 Å². The number of nitro groups is 1. The Labute approximate surface area is 96.4 Å². The van der Waals surface area contributed by atoms with Crippen LogP contribution in [0.3, 0.4) is 0 Å². The van der Waals surface area contributed by atoms with Gasteiger partial charge >= 0.3 is 0 Å². The molecule has 8 heteroatoms. The van der Waals surface area contributed by atoms with E-state index < -0.39 is 4.92 Å². The molecule has 0 bridgehead atoms. The van der Waals surface area contributed by atoms with E-state index in [4.69, 9.17) is 17.4 Å². The fraction of sp³-hybridized carbons (Fsp3) is 0.125. The summed E-state index contributed by atoms with van der Waals surface area (Å²) in [5.41, 5.74) is 3.00. The molecule has 0 aromatic carbocycles. The van der Waals surface area contributed by atoms with E-state index >= 15 is 0 Å². The second-order valence-corrected chi connectivity index (χ2v) is 3.20. The van der Waals surface area contributed by atoms with Gasteiger partial charge < -0.3 is 10.7 Å². The molecule has 7 nitrogen and oxygen atoms in total. The number of nitrogens with zero attached hydrogens (tertiary/aromatic N) is 2. The van der Waals surface area contributed by atoms with Crippen LogP contribution in [0.2, 0.25) is 5.15 Å². The van der Waals surface area contributed by atoms with Crippen LogP contribution in [0.1, 0.15) is 5.56 Å². The largest absolute Gasteiger partial charge is 0.362 e. The van der Waals surface area contributed by atoms with Gasteiger partial charge in [-0.3, -0.25) is 10.1 Å². The summed E-state index contributed by atoms with van der Waals surface area (Å²) < 4.78 is 0. The maximum atomic E-state index is 10.2. The van der Waals surface area contributed by atoms with E-state index in [0.29, 0.717) is 11.7 Å². The van der Waals surface area contributed by atoms with Crippen LogP contribution in [0.5, 0.6) is 0 Å². The zero-order valence-corrected chi connectivity index (χ0v) is 8.94. The molecule has 4 N–H and O–H groups in total. The molecule has 1 heterocycles. The standard InChI is InChI=1S/C8H10ClN5O2/c9-7-2-1-6(3-11-7)4-12-8(13-10)5-14(15)16/h1-3,5,12-13H,4,10H2/b8-5-. The topological polar surface area (TPSA) is 106 Å². The van der Waals surface area contributed by atoms with Crippen molar-refractivity contribution in [2.45, 2.75) is 6.54 Å². The van der Waals surface area contributed by atoms with Crippen LogP contribution in [-0.2, 0) is 6.54 Å². The van der Waals surface area contributed by atoms with E-state index in [1.807, 2.05) is 0 Å². The lowest BCUT2D eigenvalue weighted by molar-refractivity contribution is -0.404. The molecule has 0 saturated heterocycles. The molecular weight excluding hydrogens is 234 g/mol. The highest BCUT2D eigenvalue weighted by molar-refractivity contribution is 6.29. The third-order valence-corrected chi connectivity index (χ3v) is 1.89. The van der Waals surface area contributed by atoms with Crippen LogP contribution >= 0.6 is 11.6 Å². The van der Waals surface area contributed by atoms with Crippen LogP contribution < -0.4 is 16.6 Å². The average molecular weight is 244 g/mol. The maximum Gasteiger partial charge on any atom is 0.275 e. The molecule has 0 spiro atoms. The molecule has 0 aliphatic carbocycles. The minimum Gasteiger partial charge on any atom is -0.362 e. The van der Waals surface area contributed by atoms with Crippen molar-refractivity contribution < 1.29 is 4.92 Å². The molecule has 0 saturated carbocycles. The molecule has 0 aliphatic rings. The van der Waals surface area contributed by atoms with Gasteiger partial charge in [0.05, 0.1) is 4.92 Å². The van der Waals surface area contributed by atoms with Crippen molar-refractivity contribution in [3.05, 3.63) is 51.2 Å². The molecule has 0 atom stereocenters. The second-order valence-electron chi connectivity index (χ2n) is 2.82. The summed E-state index contributed by atoms with van der Waals surface area (Å²) in [5, 5.41) is 13.3. The van der Waals surface area contributed by atoms with Gasteiger partial charge in [-0.25, -0.2) is 10.8 Å². The number of nitrogens with two attached hydrogens (primary N) is 1. The highest BCUT2D eigenvalue weighted by Gasteiger charge is 2.00. The third kappa shape index (κ3) is 4.11. The van der Waals surface area contributed by atoms with E-state index in [1.54, 1.807) is 18.3 Å². The van der Waals surface area contributed by atoms with Crippen LogP contribution in [-0.4, -0.2) is 9.91 Å². The summed E-state index contributed by atoms with van der Waals surface area (Å²) in [7, 11) is 0. The molecule has 1 aromatic rings. The fourth-order valence-corrected chi connectivity index (χ4v) is 1.06. The third-order valence-electron chi connectivity index (χ3n) is 1.66. The van der Waals surface area contributed by atoms with E-state index in [9.17, 15) is 10.1 Å². The lowest BCUT2D eigenvalue weighted by Gasteiger charge is -2.07. The lowest BCUT2D eigenvalue weighted by atomic mass is 10.3. The molecule has 0 amide bonds. The summed E-state index contributed by atoms with van der Waals surface area (Å²) in [6.45, 7) is 0.355. The first kappa shape index (κ1) is 12.2. The van der Waals surface area contributed by atoms with Gasteiger partial charge in [0.25, 0.3) is 6.20 Å². The minimum absolute atomic E-state index is 0.111. The van der Waals surface area contributed by atoms with Gasteiger partial charge in [0.1, 0.15) is 5.15 Å². The van der Waals surface area contributed by atoms with Crippen molar-refractivity contribution in [3.8, 4) is 0 Å². The van der Waals surface area contributed by atoms with Gasteiger partial charge in [-0.2, -0.15) is 0 Å². The number of pyridine rings is 1. The number of rotatable bonds is 5. The molecular formula is C8H10ClN5O2. The SMILES string of the molecule is NN/C(=C\[N+](=O)[O-])NCc1ccc(Cl)nc1. The van der Waals surface area contributed by atoms with Crippen molar-refractivity contribution in [2.24, 2.45) is 5.84 Å². The van der Waals surface area contributed by atoms with Gasteiger partial charge in [0.15, 0.2) is 5.82 Å². The maximum absolute atomic E-state index is 10.2. The first-order valence-electron chi connectivity index (χ1n) is 4.28. The smallest absolute Gasteiger partial charge is 0.275 e. The number of halogens is 1. The van der Waals surface area contributed by atoms with Crippen LogP contribution in [0.25, 0.3) is 0 Å². The van der Waals surface area contributed by atoms with Gasteiger partial charge in [-0.1, -0.05) is 17.7 Å². The molecule has 0 radical (unpaired) electrons. The first-order chi connectivity index (χ1) is 7.61. The van der Waals surface area contributed by atoms with E-state index in [-0.39, 0.29) is 5.82 Å². The van der Waals surface area contributed by atoms with Crippen LogP contribution in [0, 0.1) is 10.1 Å². The molecule has 0 fully saturated rings. The predicted octanol–water partition coefficient (Wildman–Crippen LogP) is 0.363. The van der Waals surface area contributed by atoms with Gasteiger partial charge in [0, 0.05) is 12.7 Å². The zero-order chi connectivity index (χ0) is 12.0. The number of hydrazine groups is 1. The van der Waals surface area contributed by atoms with Crippen molar-refractivity contribution in [3.63, 3.8) is 0 Å². The second kappa shape index (κ2) is 5.89. The molecule has 0 unspecified atom stereocenters. The number of hydrogen-bond acceptors (Lipinski definition) is 6. The van der Waals surface area contributed by atoms with Crippen LogP contribution in [0.15, 0.2) is 30.4 Å². The lowest BCUT2D eigenvalue weighted by Crippen LogP contribution is -2.31. The van der Waals surface area contributed by atoms with E-state index in [2.05, 4.69) is 15.7 Å².